The van der Waals surface area contributed by atoms with Crippen molar-refractivity contribution in [2.45, 2.75) is 44.0 Å². The summed E-state index contributed by atoms with van der Waals surface area (Å²) in [7, 11) is 1.71. The van der Waals surface area contributed by atoms with Gasteiger partial charge in [0.05, 0.1) is 12.6 Å². The predicted octanol–water partition coefficient (Wildman–Crippen LogP) is -1.59. The van der Waals surface area contributed by atoms with Crippen LogP contribution in [0.3, 0.4) is 0 Å². The van der Waals surface area contributed by atoms with Crippen LogP contribution in [-0.4, -0.2) is 77.0 Å². The second-order valence-electron chi connectivity index (χ2n) is 9.40. The number of β-lactam (4-membered cyclic amide) rings is 1. The largest absolute Gasteiger partial charge is 0.478 e. The lowest BCUT2D eigenvalue weighted by molar-refractivity contribution is -0.765. The van der Waals surface area contributed by atoms with Crippen molar-refractivity contribution < 1.29 is 38.9 Å². The molecule has 0 spiro atoms. The van der Waals surface area contributed by atoms with Gasteiger partial charge in [0.2, 0.25) is 11.8 Å². The highest BCUT2D eigenvalue weighted by molar-refractivity contribution is 8.00. The van der Waals surface area contributed by atoms with Crippen molar-refractivity contribution in [3.05, 3.63) is 34.1 Å². The number of rotatable bonds is 10. The van der Waals surface area contributed by atoms with Gasteiger partial charge in [0.1, 0.15) is 22.8 Å². The van der Waals surface area contributed by atoms with Crippen LogP contribution in [0.2, 0.25) is 0 Å². The summed E-state index contributed by atoms with van der Waals surface area (Å²) in [5.74, 6) is -3.41. The summed E-state index contributed by atoms with van der Waals surface area (Å²) in [4.78, 5) is 60.3. The van der Waals surface area contributed by atoms with E-state index in [9.17, 15) is 29.4 Å². The van der Waals surface area contributed by atoms with Gasteiger partial charge < -0.3 is 37.6 Å². The normalized spacial score (nSPS) is 19.2. The zero-order valence-electron chi connectivity index (χ0n) is 21.7. The molecule has 9 N–H and O–H groups in total. The average Bonchev–Trinajstić information content (AvgIpc) is 3.44. The fourth-order valence-electron chi connectivity index (χ4n) is 4.00. The molecule has 2 aliphatic rings. The quantitative estimate of drug-likeness (QED) is 0.0789. The van der Waals surface area contributed by atoms with Gasteiger partial charge in [-0.1, -0.05) is 5.16 Å². The van der Waals surface area contributed by atoms with Gasteiger partial charge in [-0.2, -0.15) is 0 Å². The summed E-state index contributed by atoms with van der Waals surface area (Å²) in [6, 6.07) is -1.08. The van der Waals surface area contributed by atoms with Crippen LogP contribution in [-0.2, 0) is 44.2 Å². The molecule has 2 amide bonds. The number of anilines is 2. The van der Waals surface area contributed by atoms with Crippen LogP contribution in [0, 0.1) is 0 Å². The van der Waals surface area contributed by atoms with Crippen molar-refractivity contribution in [3.63, 3.8) is 0 Å². The van der Waals surface area contributed by atoms with E-state index < -0.39 is 46.5 Å². The lowest BCUT2D eigenvalue weighted by atomic mass is 10.0. The number of nitrogens with one attached hydrogen (secondary N) is 1. The number of thiazole rings is 1. The van der Waals surface area contributed by atoms with E-state index >= 15 is 0 Å². The highest BCUT2D eigenvalue weighted by Gasteiger charge is 2.55. The molecule has 16 nitrogen and oxygen atoms in total. The third-order valence-corrected chi connectivity index (χ3v) is 8.35. The fraction of sp³-hybridized carbons (Fsp3) is 0.409. The number of aromatic nitrogens is 3. The van der Waals surface area contributed by atoms with E-state index in [1.807, 2.05) is 0 Å². The molecule has 0 bridgehead atoms. The number of aliphatic carboxylic acids is 2. The van der Waals surface area contributed by atoms with Crippen molar-refractivity contribution >= 4 is 63.5 Å². The zero-order chi connectivity index (χ0) is 29.5. The van der Waals surface area contributed by atoms with Crippen molar-refractivity contribution in [2.75, 3.05) is 17.2 Å². The van der Waals surface area contributed by atoms with E-state index in [-0.39, 0.29) is 35.4 Å². The number of carbonyl (C=O) groups excluding carboxylic acids is 2. The minimum atomic E-state index is -1.76. The van der Waals surface area contributed by atoms with E-state index in [4.69, 9.17) is 22.0 Å². The second kappa shape index (κ2) is 10.8. The smallest absolute Gasteiger partial charge is 0.352 e. The number of thioether (sulfide) groups is 1. The number of nitrogens with zero attached hydrogens (tertiary/aromatic N) is 5. The molecule has 4 rings (SSSR count). The maximum Gasteiger partial charge on any atom is 0.352 e. The van der Waals surface area contributed by atoms with Crippen molar-refractivity contribution in [1.29, 1.82) is 0 Å². The third-order valence-electron chi connectivity index (χ3n) is 6.34. The number of carboxylic acid groups (broad SMARTS) is 2. The molecule has 40 heavy (non-hydrogen) atoms. The highest BCUT2D eigenvalue weighted by Crippen LogP contribution is 2.40. The maximum absolute atomic E-state index is 13.2. The van der Waals surface area contributed by atoms with Gasteiger partial charge in [-0.25, -0.2) is 14.6 Å². The lowest BCUT2D eigenvalue weighted by Gasteiger charge is -2.49. The van der Waals surface area contributed by atoms with Crippen molar-refractivity contribution in [3.8, 4) is 0 Å². The average molecular weight is 595 g/mol. The number of carboxylic acids is 2. The molecule has 0 aliphatic carbocycles. The molecule has 1 saturated heterocycles. The molecule has 2 aliphatic heterocycles. The number of hydrogen-bond donors (Lipinski definition) is 6. The number of carbonyl (C=O) groups is 4. The molecular formula is C22H28N9O7S2+. The summed E-state index contributed by atoms with van der Waals surface area (Å²) in [5, 5.41) is 26.4. The molecule has 18 heteroatoms. The predicted molar refractivity (Wildman–Crippen MR) is 143 cm³/mol. The summed E-state index contributed by atoms with van der Waals surface area (Å²) in [6.07, 6.45) is 1.72. The van der Waals surface area contributed by atoms with Gasteiger partial charge in [0.25, 0.3) is 11.8 Å². The standard InChI is InChI=1S/C22H27N9O7S2/c1-22(2,20(36)37)38-28-12(11-8-40-21(25)26-11)16(32)27-13-17(33)31-14(19(34)35)10(7-39-18(13)31)6-30-5-9(4-23)15(24)29(30)3/h5,8,13,18,24H,4,6-7,23H2,1-3H3,(H5,25,26,27,32,34,35,36,37)/p+1/b28-12+/t13-,18-/m1/s1. The maximum atomic E-state index is 13.2. The minimum absolute atomic E-state index is 0.0187. The lowest BCUT2D eigenvalue weighted by Crippen LogP contribution is -2.71. The molecule has 0 aromatic carbocycles. The molecule has 4 heterocycles. The van der Waals surface area contributed by atoms with Crippen LogP contribution < -0.4 is 27.2 Å². The molecular weight excluding hydrogens is 566 g/mol. The Bertz CT molecular complexity index is 1460. The molecule has 2 atom stereocenters. The van der Waals surface area contributed by atoms with Gasteiger partial charge in [-0.05, 0) is 13.8 Å². The highest BCUT2D eigenvalue weighted by atomic mass is 32.2. The monoisotopic (exact) mass is 594 g/mol. The van der Waals surface area contributed by atoms with E-state index in [0.29, 0.717) is 17.0 Å². The summed E-state index contributed by atoms with van der Waals surface area (Å²) in [6.45, 7) is 2.84. The van der Waals surface area contributed by atoms with E-state index in [0.717, 1.165) is 16.2 Å². The van der Waals surface area contributed by atoms with Crippen LogP contribution in [0.25, 0.3) is 0 Å². The van der Waals surface area contributed by atoms with Crippen molar-refractivity contribution in [1.82, 2.24) is 19.9 Å². The third kappa shape index (κ3) is 5.19. The number of amides is 2. The van der Waals surface area contributed by atoms with Gasteiger partial charge >= 0.3 is 11.9 Å². The Hall–Kier alpha value is -4.16. The first-order valence-electron chi connectivity index (χ1n) is 11.7. The van der Waals surface area contributed by atoms with Crippen LogP contribution >= 0.6 is 23.1 Å². The minimum Gasteiger partial charge on any atom is -0.478 e. The molecule has 214 valence electrons. The Morgan fingerprint density at radius 2 is 2.02 bits per heavy atom. The van der Waals surface area contributed by atoms with E-state index in [1.165, 1.54) is 31.0 Å². The zero-order valence-corrected chi connectivity index (χ0v) is 23.3. The van der Waals surface area contributed by atoms with Gasteiger partial charge in [0, 0.05) is 23.3 Å². The molecule has 0 radical (unpaired) electrons. The second-order valence-corrected chi connectivity index (χ2v) is 11.4. The van der Waals surface area contributed by atoms with Crippen molar-refractivity contribution in [2.24, 2.45) is 17.9 Å². The van der Waals surface area contributed by atoms with Gasteiger partial charge in [0.15, 0.2) is 23.2 Å². The summed E-state index contributed by atoms with van der Waals surface area (Å²) < 4.78 is 3.35. The molecule has 2 aromatic rings. The molecule has 0 unspecified atom stereocenters. The number of oxime groups is 1. The number of fused-ring (bicyclic) bond motifs is 1. The van der Waals surface area contributed by atoms with Crippen LogP contribution in [0.1, 0.15) is 25.1 Å². The SMILES string of the molecule is Cn1c(N)c(CN)c[n+]1CC1=C(C(=O)O)N2C(=O)[C@@H](NC(=O)/C(=N/OC(C)(C)C(=O)O)c3csc(N)n3)[C@H]2SC1. The van der Waals surface area contributed by atoms with Gasteiger partial charge in [-0.3, -0.25) is 14.5 Å². The Morgan fingerprint density at radius 1 is 1.32 bits per heavy atom. The van der Waals surface area contributed by atoms with Gasteiger partial charge in [-0.15, -0.1) is 32.5 Å². The first kappa shape index (κ1) is 28.8. The topological polar surface area (TPSA) is 245 Å². The van der Waals surface area contributed by atoms with Crippen LogP contribution in [0.5, 0.6) is 0 Å². The van der Waals surface area contributed by atoms with E-state index in [1.54, 1.807) is 22.6 Å². The van der Waals surface area contributed by atoms with Crippen LogP contribution in [0.4, 0.5) is 10.9 Å². The Balaban J connectivity index is 1.57. The number of nitrogen functional groups attached to an aromatic ring is 2. The molecule has 2 aromatic heterocycles. The summed E-state index contributed by atoms with van der Waals surface area (Å²) >= 11 is 2.30. The molecule has 0 saturated carbocycles. The summed E-state index contributed by atoms with van der Waals surface area (Å²) in [5.41, 5.74) is 16.3. The Kier molecular flexibility index (Phi) is 7.77. The Morgan fingerprint density at radius 3 is 2.58 bits per heavy atom. The number of nitrogens with two attached hydrogens (primary N) is 3. The first-order valence-corrected chi connectivity index (χ1v) is 13.6. The fourth-order valence-corrected chi connectivity index (χ4v) is 5.88. The Labute approximate surface area is 235 Å². The van der Waals surface area contributed by atoms with Crippen LogP contribution in [0.15, 0.2) is 28.0 Å². The first-order chi connectivity index (χ1) is 18.8. The number of hydrogen-bond acceptors (Lipinski definition) is 12. The molecule has 1 fully saturated rings. The van der Waals surface area contributed by atoms with E-state index in [2.05, 4.69) is 15.5 Å².